The fourth-order valence-electron chi connectivity index (χ4n) is 2.92. The standard InChI is InChI=1S/C15H28N2O4S/c1-15(2,3)13(18)10-16-5-7-17(8-6-16)14(19)12-4-9-22(20,21)11-12/h12-13,18H,4-11H2,1-3H3/t12-,13+/m0/s1. The molecule has 0 aromatic rings. The van der Waals surface area contributed by atoms with Crippen molar-refractivity contribution in [2.75, 3.05) is 44.2 Å². The number of sulfone groups is 1. The Kier molecular flexibility index (Phi) is 5.19. The smallest absolute Gasteiger partial charge is 0.226 e. The number of amides is 1. The molecular formula is C15H28N2O4S. The zero-order chi connectivity index (χ0) is 16.5. The van der Waals surface area contributed by atoms with Gasteiger partial charge in [0.05, 0.1) is 23.5 Å². The first-order valence-electron chi connectivity index (χ1n) is 7.98. The number of β-amino-alcohol motifs (C(OH)–C–C–N with tert-alkyl or cyclic N) is 1. The number of carbonyl (C=O) groups is 1. The van der Waals surface area contributed by atoms with Gasteiger partial charge in [0.1, 0.15) is 0 Å². The number of piperazine rings is 1. The minimum Gasteiger partial charge on any atom is -0.391 e. The monoisotopic (exact) mass is 332 g/mol. The molecule has 0 aromatic carbocycles. The molecule has 2 saturated heterocycles. The maximum absolute atomic E-state index is 12.4. The Balaban J connectivity index is 1.81. The van der Waals surface area contributed by atoms with Crippen molar-refractivity contribution in [2.45, 2.75) is 33.3 Å². The minimum absolute atomic E-state index is 0.00872. The van der Waals surface area contributed by atoms with E-state index < -0.39 is 15.9 Å². The van der Waals surface area contributed by atoms with E-state index in [1.165, 1.54) is 0 Å². The number of nitrogens with zero attached hydrogens (tertiary/aromatic N) is 2. The first-order chi connectivity index (χ1) is 10.1. The van der Waals surface area contributed by atoms with Crippen molar-refractivity contribution >= 4 is 15.7 Å². The number of aliphatic hydroxyl groups is 1. The van der Waals surface area contributed by atoms with Crippen LogP contribution in [0.15, 0.2) is 0 Å². The lowest BCUT2D eigenvalue weighted by Gasteiger charge is -2.38. The number of rotatable bonds is 3. The second kappa shape index (κ2) is 6.45. The quantitative estimate of drug-likeness (QED) is 0.785. The topological polar surface area (TPSA) is 77.9 Å². The van der Waals surface area contributed by atoms with Gasteiger partial charge in [-0.25, -0.2) is 8.42 Å². The lowest BCUT2D eigenvalue weighted by atomic mass is 9.89. The van der Waals surface area contributed by atoms with Crippen LogP contribution < -0.4 is 0 Å². The molecule has 0 saturated carbocycles. The molecule has 2 heterocycles. The minimum atomic E-state index is -3.01. The number of carbonyl (C=O) groups excluding carboxylic acids is 1. The summed E-state index contributed by atoms with van der Waals surface area (Å²) in [5.41, 5.74) is -0.148. The second-order valence-corrected chi connectivity index (χ2v) is 9.84. The molecule has 128 valence electrons. The number of hydrogen-bond acceptors (Lipinski definition) is 5. The Morgan fingerprint density at radius 2 is 1.82 bits per heavy atom. The summed E-state index contributed by atoms with van der Waals surface area (Å²) < 4.78 is 23.0. The van der Waals surface area contributed by atoms with Crippen LogP contribution in [0.25, 0.3) is 0 Å². The highest BCUT2D eigenvalue weighted by atomic mass is 32.2. The molecule has 2 rings (SSSR count). The molecule has 1 N–H and O–H groups in total. The number of aliphatic hydroxyl groups excluding tert-OH is 1. The van der Waals surface area contributed by atoms with Crippen LogP contribution in [0.3, 0.4) is 0 Å². The van der Waals surface area contributed by atoms with Gasteiger partial charge in [0.25, 0.3) is 0 Å². The average molecular weight is 332 g/mol. The summed E-state index contributed by atoms with van der Waals surface area (Å²) in [5.74, 6) is -0.218. The molecule has 0 spiro atoms. The molecule has 0 bridgehead atoms. The van der Waals surface area contributed by atoms with Gasteiger partial charge in [0, 0.05) is 32.7 Å². The zero-order valence-corrected chi connectivity index (χ0v) is 14.6. The number of hydrogen-bond donors (Lipinski definition) is 1. The van der Waals surface area contributed by atoms with E-state index in [1.807, 2.05) is 20.8 Å². The summed E-state index contributed by atoms with van der Waals surface area (Å²) in [5, 5.41) is 10.2. The highest BCUT2D eigenvalue weighted by Gasteiger charge is 2.36. The van der Waals surface area contributed by atoms with Crippen molar-refractivity contribution in [1.29, 1.82) is 0 Å². The normalized spacial score (nSPS) is 27.8. The highest BCUT2D eigenvalue weighted by Crippen LogP contribution is 2.23. The van der Waals surface area contributed by atoms with E-state index in [-0.39, 0.29) is 28.7 Å². The Morgan fingerprint density at radius 1 is 1.23 bits per heavy atom. The van der Waals surface area contributed by atoms with Crippen LogP contribution in [0.5, 0.6) is 0 Å². The van der Waals surface area contributed by atoms with Gasteiger partial charge in [0.15, 0.2) is 9.84 Å². The molecule has 0 aromatic heterocycles. The van der Waals surface area contributed by atoms with E-state index in [2.05, 4.69) is 4.90 Å². The van der Waals surface area contributed by atoms with Gasteiger partial charge in [-0.15, -0.1) is 0 Å². The predicted molar refractivity (Wildman–Crippen MR) is 85.2 cm³/mol. The largest absolute Gasteiger partial charge is 0.391 e. The molecule has 1 amide bonds. The Hall–Kier alpha value is -0.660. The fourth-order valence-corrected chi connectivity index (χ4v) is 4.65. The third kappa shape index (κ3) is 4.43. The third-order valence-corrected chi connectivity index (χ3v) is 6.46. The van der Waals surface area contributed by atoms with E-state index >= 15 is 0 Å². The molecule has 6 nitrogen and oxygen atoms in total. The van der Waals surface area contributed by atoms with Crippen molar-refractivity contribution in [3.63, 3.8) is 0 Å². The zero-order valence-electron chi connectivity index (χ0n) is 13.8. The van der Waals surface area contributed by atoms with Crippen LogP contribution >= 0.6 is 0 Å². The molecule has 22 heavy (non-hydrogen) atoms. The van der Waals surface area contributed by atoms with Gasteiger partial charge in [0.2, 0.25) is 5.91 Å². The molecular weight excluding hydrogens is 304 g/mol. The SMILES string of the molecule is CC(C)(C)[C@H](O)CN1CCN(C(=O)[C@H]2CCS(=O)(=O)C2)CC1. The third-order valence-electron chi connectivity index (χ3n) is 4.70. The average Bonchev–Trinajstić information content (AvgIpc) is 2.78. The maximum Gasteiger partial charge on any atom is 0.226 e. The summed E-state index contributed by atoms with van der Waals surface area (Å²) in [4.78, 5) is 16.3. The van der Waals surface area contributed by atoms with Gasteiger partial charge in [-0.05, 0) is 11.8 Å². The molecule has 0 radical (unpaired) electrons. The van der Waals surface area contributed by atoms with Crippen molar-refractivity contribution < 1.29 is 18.3 Å². The van der Waals surface area contributed by atoms with E-state index in [4.69, 9.17) is 0 Å². The van der Waals surface area contributed by atoms with E-state index in [0.29, 0.717) is 26.1 Å². The van der Waals surface area contributed by atoms with E-state index in [0.717, 1.165) is 13.1 Å². The molecule has 0 unspecified atom stereocenters. The van der Waals surface area contributed by atoms with Crippen LogP contribution in [-0.4, -0.2) is 79.6 Å². The van der Waals surface area contributed by atoms with Crippen LogP contribution in [0.4, 0.5) is 0 Å². The lowest BCUT2D eigenvalue weighted by Crippen LogP contribution is -2.53. The maximum atomic E-state index is 12.4. The first-order valence-corrected chi connectivity index (χ1v) is 9.80. The second-order valence-electron chi connectivity index (χ2n) is 7.61. The fraction of sp³-hybridized carbons (Fsp3) is 0.933. The molecule has 2 fully saturated rings. The van der Waals surface area contributed by atoms with Crippen molar-refractivity contribution in [1.82, 2.24) is 9.80 Å². The van der Waals surface area contributed by atoms with Crippen LogP contribution in [0, 0.1) is 11.3 Å². The van der Waals surface area contributed by atoms with Crippen LogP contribution in [0.2, 0.25) is 0 Å². The first kappa shape index (κ1) is 17.7. The summed E-state index contributed by atoms with van der Waals surface area (Å²) in [6.07, 6.45) is 0.0686. The molecule has 7 heteroatoms. The molecule has 2 atom stereocenters. The van der Waals surface area contributed by atoms with E-state index in [9.17, 15) is 18.3 Å². The Labute approximate surface area is 133 Å². The summed E-state index contributed by atoms with van der Waals surface area (Å²) in [6.45, 7) is 9.35. The van der Waals surface area contributed by atoms with Crippen molar-refractivity contribution in [3.8, 4) is 0 Å². The molecule has 0 aliphatic carbocycles. The molecule has 2 aliphatic heterocycles. The van der Waals surface area contributed by atoms with Crippen molar-refractivity contribution in [3.05, 3.63) is 0 Å². The van der Waals surface area contributed by atoms with E-state index in [1.54, 1.807) is 4.90 Å². The molecule has 2 aliphatic rings. The summed E-state index contributed by atoms with van der Waals surface area (Å²) >= 11 is 0. The Morgan fingerprint density at radius 3 is 2.27 bits per heavy atom. The van der Waals surface area contributed by atoms with Gasteiger partial charge < -0.3 is 10.0 Å². The van der Waals surface area contributed by atoms with Crippen molar-refractivity contribution in [2.24, 2.45) is 11.3 Å². The van der Waals surface area contributed by atoms with Gasteiger partial charge in [-0.2, -0.15) is 0 Å². The van der Waals surface area contributed by atoms with Gasteiger partial charge in [-0.3, -0.25) is 9.69 Å². The summed E-state index contributed by atoms with van der Waals surface area (Å²) in [6, 6.07) is 0. The van der Waals surface area contributed by atoms with Crippen LogP contribution in [-0.2, 0) is 14.6 Å². The Bertz CT molecular complexity index is 504. The lowest BCUT2D eigenvalue weighted by molar-refractivity contribution is -0.136. The highest BCUT2D eigenvalue weighted by molar-refractivity contribution is 7.91. The predicted octanol–water partition coefficient (Wildman–Crippen LogP) is -0.0277. The summed E-state index contributed by atoms with van der Waals surface area (Å²) in [7, 11) is -3.01. The van der Waals surface area contributed by atoms with Crippen LogP contribution in [0.1, 0.15) is 27.2 Å². The van der Waals surface area contributed by atoms with Gasteiger partial charge >= 0.3 is 0 Å². The van der Waals surface area contributed by atoms with Gasteiger partial charge in [-0.1, -0.05) is 20.8 Å².